The summed E-state index contributed by atoms with van der Waals surface area (Å²) in [4.78, 5) is 12.9. The lowest BCUT2D eigenvalue weighted by molar-refractivity contribution is -0.384. The second-order valence-corrected chi connectivity index (χ2v) is 5.32. The molecule has 0 bridgehead atoms. The summed E-state index contributed by atoms with van der Waals surface area (Å²) in [6.45, 7) is 5.30. The second-order valence-electron chi connectivity index (χ2n) is 5.32. The first-order valence-corrected chi connectivity index (χ1v) is 6.60. The maximum absolute atomic E-state index is 11.2. The SMILES string of the molecule is Cc1nn(C)c(N2CCC(C(C)N)CC2)c1[N+](=O)[O-]. The van der Waals surface area contributed by atoms with E-state index in [2.05, 4.69) is 10.00 Å². The summed E-state index contributed by atoms with van der Waals surface area (Å²) in [6, 6.07) is 0.186. The van der Waals surface area contributed by atoms with Gasteiger partial charge in [0.2, 0.25) is 5.82 Å². The fourth-order valence-corrected chi connectivity index (χ4v) is 2.84. The molecule has 1 aromatic rings. The lowest BCUT2D eigenvalue weighted by Crippen LogP contribution is -2.40. The average molecular weight is 267 g/mol. The highest BCUT2D eigenvalue weighted by molar-refractivity contribution is 5.61. The number of nitrogens with two attached hydrogens (primary N) is 1. The number of aromatic nitrogens is 2. The molecule has 0 saturated carbocycles. The summed E-state index contributed by atoms with van der Waals surface area (Å²) < 4.78 is 1.61. The molecule has 0 aliphatic carbocycles. The highest BCUT2D eigenvalue weighted by Gasteiger charge is 2.31. The molecule has 7 nitrogen and oxygen atoms in total. The molecular formula is C12H21N5O2. The quantitative estimate of drug-likeness (QED) is 0.656. The molecule has 1 unspecified atom stereocenters. The van der Waals surface area contributed by atoms with Gasteiger partial charge in [0, 0.05) is 26.2 Å². The van der Waals surface area contributed by atoms with E-state index in [4.69, 9.17) is 5.73 Å². The van der Waals surface area contributed by atoms with Gasteiger partial charge in [-0.2, -0.15) is 5.10 Å². The van der Waals surface area contributed by atoms with Gasteiger partial charge in [-0.05, 0) is 32.6 Å². The molecule has 106 valence electrons. The van der Waals surface area contributed by atoms with Gasteiger partial charge in [-0.15, -0.1) is 0 Å². The van der Waals surface area contributed by atoms with Crippen molar-refractivity contribution in [3.63, 3.8) is 0 Å². The topological polar surface area (TPSA) is 90.2 Å². The number of anilines is 1. The van der Waals surface area contributed by atoms with Crippen molar-refractivity contribution in [2.45, 2.75) is 32.7 Å². The first-order chi connectivity index (χ1) is 8.91. The van der Waals surface area contributed by atoms with E-state index >= 15 is 0 Å². The van der Waals surface area contributed by atoms with Crippen LogP contribution in [0.3, 0.4) is 0 Å². The van der Waals surface area contributed by atoms with Crippen LogP contribution < -0.4 is 10.6 Å². The zero-order valence-corrected chi connectivity index (χ0v) is 11.7. The fraction of sp³-hybridized carbons (Fsp3) is 0.750. The van der Waals surface area contributed by atoms with E-state index in [1.807, 2.05) is 6.92 Å². The summed E-state index contributed by atoms with van der Waals surface area (Å²) in [5.41, 5.74) is 6.51. The number of rotatable bonds is 3. The summed E-state index contributed by atoms with van der Waals surface area (Å²) in [5, 5.41) is 15.3. The number of nitrogens with zero attached hydrogens (tertiary/aromatic N) is 4. The van der Waals surface area contributed by atoms with E-state index in [9.17, 15) is 10.1 Å². The Hall–Kier alpha value is -1.63. The monoisotopic (exact) mass is 267 g/mol. The van der Waals surface area contributed by atoms with Crippen molar-refractivity contribution in [2.24, 2.45) is 18.7 Å². The molecule has 2 N–H and O–H groups in total. The number of hydrogen-bond acceptors (Lipinski definition) is 5. The maximum atomic E-state index is 11.2. The highest BCUT2D eigenvalue weighted by atomic mass is 16.6. The molecule has 1 saturated heterocycles. The van der Waals surface area contributed by atoms with Gasteiger partial charge >= 0.3 is 5.69 Å². The van der Waals surface area contributed by atoms with Crippen molar-refractivity contribution in [3.05, 3.63) is 15.8 Å². The van der Waals surface area contributed by atoms with Crippen molar-refractivity contribution >= 4 is 11.5 Å². The fourth-order valence-electron chi connectivity index (χ4n) is 2.84. The van der Waals surface area contributed by atoms with Crippen LogP contribution in [0.2, 0.25) is 0 Å². The lowest BCUT2D eigenvalue weighted by Gasteiger charge is -2.34. The molecule has 0 radical (unpaired) electrons. The van der Waals surface area contributed by atoms with Gasteiger partial charge in [0.1, 0.15) is 5.69 Å². The van der Waals surface area contributed by atoms with Crippen LogP contribution >= 0.6 is 0 Å². The Morgan fingerprint density at radius 3 is 2.53 bits per heavy atom. The molecule has 1 aromatic heterocycles. The molecule has 1 atom stereocenters. The Morgan fingerprint density at radius 2 is 2.05 bits per heavy atom. The predicted molar refractivity (Wildman–Crippen MR) is 73.2 cm³/mol. The number of hydrogen-bond donors (Lipinski definition) is 1. The molecule has 1 aliphatic rings. The molecule has 1 fully saturated rings. The van der Waals surface area contributed by atoms with Gasteiger partial charge in [0.25, 0.3) is 0 Å². The minimum atomic E-state index is -0.338. The molecule has 2 rings (SSSR count). The first-order valence-electron chi connectivity index (χ1n) is 6.60. The lowest BCUT2D eigenvalue weighted by atomic mass is 9.91. The van der Waals surface area contributed by atoms with Crippen LogP contribution in [0, 0.1) is 23.0 Å². The minimum Gasteiger partial charge on any atom is -0.351 e. The molecular weight excluding hydrogens is 246 g/mol. The maximum Gasteiger partial charge on any atom is 0.333 e. The molecule has 0 spiro atoms. The molecule has 0 aromatic carbocycles. The summed E-state index contributed by atoms with van der Waals surface area (Å²) in [6.07, 6.45) is 1.94. The van der Waals surface area contributed by atoms with Crippen molar-refractivity contribution < 1.29 is 4.92 Å². The van der Waals surface area contributed by atoms with Crippen LogP contribution in [0.15, 0.2) is 0 Å². The number of aryl methyl sites for hydroxylation is 2. The summed E-state index contributed by atoms with van der Waals surface area (Å²) in [5.74, 6) is 1.12. The van der Waals surface area contributed by atoms with Crippen molar-refractivity contribution in [2.75, 3.05) is 18.0 Å². The Bertz CT molecular complexity index is 475. The third-order valence-corrected chi connectivity index (χ3v) is 3.93. The normalized spacial score (nSPS) is 18.6. The van der Waals surface area contributed by atoms with E-state index in [0.717, 1.165) is 25.9 Å². The van der Waals surface area contributed by atoms with Gasteiger partial charge in [-0.3, -0.25) is 10.1 Å². The van der Waals surface area contributed by atoms with E-state index in [1.165, 1.54) is 0 Å². The Morgan fingerprint density at radius 1 is 1.47 bits per heavy atom. The molecule has 0 amide bonds. The molecule has 2 heterocycles. The molecule has 1 aliphatic heterocycles. The van der Waals surface area contributed by atoms with Gasteiger partial charge in [0.05, 0.1) is 4.92 Å². The Labute approximate surface area is 112 Å². The smallest absolute Gasteiger partial charge is 0.333 e. The van der Waals surface area contributed by atoms with Crippen molar-refractivity contribution in [1.29, 1.82) is 0 Å². The van der Waals surface area contributed by atoms with Gasteiger partial charge in [-0.25, -0.2) is 4.68 Å². The standard InChI is InChI=1S/C12H21N5O2/c1-8(13)10-4-6-16(7-5-10)12-11(17(18)19)9(2)14-15(12)3/h8,10H,4-7,13H2,1-3H3. The van der Waals surface area contributed by atoms with Crippen molar-refractivity contribution in [1.82, 2.24) is 9.78 Å². The molecule has 7 heteroatoms. The van der Waals surface area contributed by atoms with Crippen LogP contribution in [0.25, 0.3) is 0 Å². The van der Waals surface area contributed by atoms with Crippen LogP contribution in [0.1, 0.15) is 25.5 Å². The first kappa shape index (κ1) is 13.8. The summed E-state index contributed by atoms with van der Waals surface area (Å²) >= 11 is 0. The average Bonchev–Trinajstić information content (AvgIpc) is 2.64. The van der Waals surface area contributed by atoms with E-state index in [-0.39, 0.29) is 16.7 Å². The number of piperidine rings is 1. The van der Waals surface area contributed by atoms with Gasteiger partial charge in [-0.1, -0.05) is 0 Å². The van der Waals surface area contributed by atoms with Crippen LogP contribution in [-0.2, 0) is 7.05 Å². The third kappa shape index (κ3) is 2.56. The van der Waals surface area contributed by atoms with Crippen LogP contribution in [-0.4, -0.2) is 33.8 Å². The van der Waals surface area contributed by atoms with Crippen LogP contribution in [0.5, 0.6) is 0 Å². The van der Waals surface area contributed by atoms with E-state index < -0.39 is 0 Å². The number of nitro groups is 1. The van der Waals surface area contributed by atoms with Crippen molar-refractivity contribution in [3.8, 4) is 0 Å². The highest BCUT2D eigenvalue weighted by Crippen LogP contribution is 2.33. The van der Waals surface area contributed by atoms with Crippen LogP contribution in [0.4, 0.5) is 11.5 Å². The third-order valence-electron chi connectivity index (χ3n) is 3.93. The van der Waals surface area contributed by atoms with E-state index in [0.29, 0.717) is 17.4 Å². The van der Waals surface area contributed by atoms with Gasteiger partial charge in [0.15, 0.2) is 0 Å². The largest absolute Gasteiger partial charge is 0.351 e. The Balaban J connectivity index is 2.22. The minimum absolute atomic E-state index is 0.127. The zero-order chi connectivity index (χ0) is 14.2. The predicted octanol–water partition coefficient (Wildman–Crippen LogP) is 1.20. The second kappa shape index (κ2) is 5.16. The Kier molecular flexibility index (Phi) is 3.75. The molecule has 19 heavy (non-hydrogen) atoms. The summed E-state index contributed by atoms with van der Waals surface area (Å²) in [7, 11) is 1.76. The zero-order valence-electron chi connectivity index (χ0n) is 11.7. The van der Waals surface area contributed by atoms with E-state index in [1.54, 1.807) is 18.7 Å². The van der Waals surface area contributed by atoms with Gasteiger partial charge < -0.3 is 10.6 Å².